The zero-order chi connectivity index (χ0) is 6.85. The number of carbonyl (C=O) groups is 3. The van der Waals surface area contributed by atoms with E-state index in [0.717, 1.165) is 0 Å². The summed E-state index contributed by atoms with van der Waals surface area (Å²) < 4.78 is 0. The lowest BCUT2D eigenvalue weighted by molar-refractivity contribution is -0.139. The average Bonchev–Trinajstić information content (AvgIpc) is 1.59. The Morgan fingerprint density at radius 2 is 1.44 bits per heavy atom. The molecule has 0 spiro atoms. The second-order valence-corrected chi connectivity index (χ2v) is 1.79. The van der Waals surface area contributed by atoms with E-state index >= 15 is 0 Å². The van der Waals surface area contributed by atoms with Crippen molar-refractivity contribution in [1.82, 2.24) is 5.32 Å². The van der Waals surface area contributed by atoms with Crippen molar-refractivity contribution in [2.45, 2.75) is 12.8 Å². The zero-order valence-electron chi connectivity index (χ0n) is 4.59. The van der Waals surface area contributed by atoms with Crippen LogP contribution in [0.5, 0.6) is 0 Å². The first-order valence-corrected chi connectivity index (χ1v) is 2.47. The minimum atomic E-state index is -0.615. The molecule has 1 saturated heterocycles. The number of rotatable bonds is 0. The van der Waals surface area contributed by atoms with Crippen LogP contribution in [-0.4, -0.2) is 17.6 Å². The first-order chi connectivity index (χ1) is 4.18. The highest BCUT2D eigenvalue weighted by Crippen LogP contribution is 1.98. The summed E-state index contributed by atoms with van der Waals surface area (Å²) in [6.45, 7) is 0. The summed E-state index contributed by atoms with van der Waals surface area (Å²) >= 11 is 0. The first kappa shape index (κ1) is 5.94. The summed E-state index contributed by atoms with van der Waals surface area (Å²) in [5.74, 6) is -1.56. The van der Waals surface area contributed by atoms with Gasteiger partial charge >= 0.3 is 0 Å². The fourth-order valence-electron chi connectivity index (χ4n) is 0.618. The molecule has 9 heavy (non-hydrogen) atoms. The molecule has 0 aliphatic carbocycles. The van der Waals surface area contributed by atoms with Gasteiger partial charge in [0, 0.05) is 0 Å². The van der Waals surface area contributed by atoms with Gasteiger partial charge in [0.1, 0.15) is 0 Å². The Morgan fingerprint density at radius 3 is 1.78 bits per heavy atom. The minimum Gasteiger partial charge on any atom is -0.299 e. The molecular formula is C5H4NO3. The van der Waals surface area contributed by atoms with E-state index in [9.17, 15) is 14.4 Å². The number of carbonyl (C=O) groups excluding carboxylic acids is 3. The van der Waals surface area contributed by atoms with Gasteiger partial charge in [0.05, 0.1) is 12.8 Å². The van der Waals surface area contributed by atoms with Crippen LogP contribution in [0.1, 0.15) is 12.8 Å². The molecule has 0 N–H and O–H groups in total. The number of hydrogen-bond acceptors (Lipinski definition) is 3. The summed E-state index contributed by atoms with van der Waals surface area (Å²) in [4.78, 5) is 30.9. The van der Waals surface area contributed by atoms with Crippen LogP contribution < -0.4 is 5.32 Å². The molecule has 0 aromatic carbocycles. The number of piperidine rings is 1. The Labute approximate surface area is 51.2 Å². The lowest BCUT2D eigenvalue weighted by Crippen LogP contribution is -2.32. The predicted molar refractivity (Wildman–Crippen MR) is 26.4 cm³/mol. The first-order valence-electron chi connectivity index (χ1n) is 2.47. The van der Waals surface area contributed by atoms with E-state index in [-0.39, 0.29) is 18.6 Å². The van der Waals surface area contributed by atoms with E-state index in [1.54, 1.807) is 0 Å². The van der Waals surface area contributed by atoms with Crippen LogP contribution in [0.25, 0.3) is 0 Å². The maximum atomic E-state index is 10.4. The monoisotopic (exact) mass is 126 g/mol. The Hall–Kier alpha value is -1.19. The zero-order valence-corrected chi connectivity index (χ0v) is 4.59. The van der Waals surface area contributed by atoms with Gasteiger partial charge < -0.3 is 0 Å². The molecule has 47 valence electrons. The highest BCUT2D eigenvalue weighted by atomic mass is 16.2. The van der Waals surface area contributed by atoms with Crippen molar-refractivity contribution in [3.05, 3.63) is 0 Å². The van der Waals surface area contributed by atoms with E-state index in [4.69, 9.17) is 0 Å². The van der Waals surface area contributed by atoms with Crippen molar-refractivity contribution in [3.8, 4) is 0 Å². The molecular weight excluding hydrogens is 122 g/mol. The van der Waals surface area contributed by atoms with Gasteiger partial charge in [0.15, 0.2) is 5.78 Å². The molecule has 0 bridgehead atoms. The molecule has 4 heteroatoms. The van der Waals surface area contributed by atoms with Crippen LogP contribution >= 0.6 is 0 Å². The maximum absolute atomic E-state index is 10.4. The minimum absolute atomic E-state index is 0.203. The molecule has 4 nitrogen and oxygen atoms in total. The summed E-state index contributed by atoms with van der Waals surface area (Å²) in [7, 11) is 0. The van der Waals surface area contributed by atoms with Gasteiger partial charge in [0.2, 0.25) is 0 Å². The number of nitrogens with zero attached hydrogens (tertiary/aromatic N) is 1. The van der Waals surface area contributed by atoms with Gasteiger partial charge in [-0.2, -0.15) is 5.32 Å². The summed E-state index contributed by atoms with van der Waals surface area (Å²) in [5, 5.41) is 3.03. The van der Waals surface area contributed by atoms with Crippen molar-refractivity contribution in [2.24, 2.45) is 0 Å². The summed E-state index contributed by atoms with van der Waals surface area (Å²) in [5.41, 5.74) is 0. The van der Waals surface area contributed by atoms with Crippen molar-refractivity contribution in [1.29, 1.82) is 0 Å². The molecule has 1 radical (unpaired) electrons. The van der Waals surface area contributed by atoms with Crippen LogP contribution in [0.3, 0.4) is 0 Å². The van der Waals surface area contributed by atoms with Crippen LogP contribution in [0, 0.1) is 0 Å². The number of Topliss-reactive ketones (excluding diaryl/α,β-unsaturated/α-hetero) is 1. The highest BCUT2D eigenvalue weighted by molar-refractivity contribution is 6.16. The molecule has 1 aliphatic heterocycles. The van der Waals surface area contributed by atoms with Gasteiger partial charge in [-0.1, -0.05) is 0 Å². The lowest BCUT2D eigenvalue weighted by Gasteiger charge is -2.03. The number of ketones is 1. The largest absolute Gasteiger partial charge is 0.299 e. The fourth-order valence-corrected chi connectivity index (χ4v) is 0.618. The molecule has 0 saturated carbocycles. The van der Waals surface area contributed by atoms with E-state index in [1.807, 2.05) is 0 Å². The molecule has 1 heterocycles. The highest BCUT2D eigenvalue weighted by Gasteiger charge is 2.23. The van der Waals surface area contributed by atoms with Gasteiger partial charge in [-0.3, -0.25) is 14.4 Å². The van der Waals surface area contributed by atoms with Crippen LogP contribution in [0.15, 0.2) is 0 Å². The fraction of sp³-hybridized carbons (Fsp3) is 0.400. The quantitative estimate of drug-likeness (QED) is 0.309. The van der Waals surface area contributed by atoms with Gasteiger partial charge in [0.25, 0.3) is 11.8 Å². The standard InChI is InChI=1S/C5H4NO3/c7-3-1-4(8)6-5(9)2-3/h1-2H2. The molecule has 1 aliphatic rings. The van der Waals surface area contributed by atoms with Crippen LogP contribution in [-0.2, 0) is 14.4 Å². The molecule has 2 amide bonds. The molecule has 0 unspecified atom stereocenters. The van der Waals surface area contributed by atoms with Gasteiger partial charge in [-0.25, -0.2) is 0 Å². The number of amides is 2. The van der Waals surface area contributed by atoms with Crippen LogP contribution in [0.2, 0.25) is 0 Å². The van der Waals surface area contributed by atoms with Crippen molar-refractivity contribution in [3.63, 3.8) is 0 Å². The Morgan fingerprint density at radius 1 is 1.00 bits per heavy atom. The Kier molecular flexibility index (Phi) is 1.30. The smallest absolute Gasteiger partial charge is 0.256 e. The molecule has 0 atom stereocenters. The number of imide groups is 1. The summed E-state index contributed by atoms with van der Waals surface area (Å²) in [6, 6.07) is 0. The topological polar surface area (TPSA) is 65.3 Å². The molecule has 1 fully saturated rings. The van der Waals surface area contributed by atoms with Crippen molar-refractivity contribution in [2.75, 3.05) is 0 Å². The number of hydrogen-bond donors (Lipinski definition) is 0. The van der Waals surface area contributed by atoms with Crippen molar-refractivity contribution >= 4 is 17.6 Å². The Balaban J connectivity index is 2.64. The molecule has 1 rings (SSSR count). The third kappa shape index (κ3) is 1.35. The maximum Gasteiger partial charge on any atom is 0.256 e. The molecule has 0 aromatic heterocycles. The third-order valence-corrected chi connectivity index (χ3v) is 0.946. The lowest BCUT2D eigenvalue weighted by atomic mass is 10.1. The normalized spacial score (nSPS) is 19.8. The van der Waals surface area contributed by atoms with E-state index < -0.39 is 11.8 Å². The summed E-state index contributed by atoms with van der Waals surface area (Å²) in [6.07, 6.45) is -0.405. The van der Waals surface area contributed by atoms with Gasteiger partial charge in [-0.05, 0) is 0 Å². The Bertz CT molecular complexity index is 139. The van der Waals surface area contributed by atoms with E-state index in [0.29, 0.717) is 0 Å². The third-order valence-electron chi connectivity index (χ3n) is 0.946. The average molecular weight is 126 g/mol. The van der Waals surface area contributed by atoms with Crippen molar-refractivity contribution < 1.29 is 14.4 Å². The molecule has 0 aromatic rings. The second kappa shape index (κ2) is 1.97. The van der Waals surface area contributed by atoms with E-state index in [2.05, 4.69) is 5.32 Å². The second-order valence-electron chi connectivity index (χ2n) is 1.79. The SMILES string of the molecule is O=C1CC(=O)[N]C(=O)C1. The van der Waals surface area contributed by atoms with Crippen LogP contribution in [0.4, 0.5) is 0 Å². The predicted octanol–water partition coefficient (Wildman–Crippen LogP) is -0.993. The van der Waals surface area contributed by atoms with E-state index in [1.165, 1.54) is 0 Å². The van der Waals surface area contributed by atoms with Gasteiger partial charge in [-0.15, -0.1) is 0 Å².